The van der Waals surface area contributed by atoms with Crippen molar-refractivity contribution >= 4 is 32.1 Å². The Labute approximate surface area is 72.9 Å². The van der Waals surface area contributed by atoms with Crippen molar-refractivity contribution in [1.29, 1.82) is 0 Å². The zero-order valence-corrected chi connectivity index (χ0v) is 7.62. The van der Waals surface area contributed by atoms with Gasteiger partial charge in [0.05, 0.1) is 0 Å². The van der Waals surface area contributed by atoms with Crippen LogP contribution in [0.5, 0.6) is 0 Å². The molecule has 0 fully saturated rings. The Morgan fingerprint density at radius 2 is 1.25 bits per heavy atom. The standard InChI is InChI=1S/Li.H2O4Si.O.Sb/c;1-5(2,3)4;;/h;1-2H;;/q+1;-2;;+1. The average molecular weight is 239 g/mol. The van der Waals surface area contributed by atoms with Crippen LogP contribution in [0.2, 0.25) is 0 Å². The first-order valence-corrected chi connectivity index (χ1v) is 3.79. The first-order chi connectivity index (χ1) is 3.00. The first-order valence-electron chi connectivity index (χ1n) is 1.04. The van der Waals surface area contributed by atoms with Gasteiger partial charge < -0.3 is 19.2 Å². The third-order valence-corrected chi connectivity index (χ3v) is 0. The molecule has 0 unspecified atom stereocenters. The molecule has 0 spiro atoms. The van der Waals surface area contributed by atoms with Crippen LogP contribution >= 0.6 is 0 Å². The van der Waals surface area contributed by atoms with Gasteiger partial charge in [-0.25, -0.2) is 0 Å². The molecule has 8 heteroatoms. The summed E-state index contributed by atoms with van der Waals surface area (Å²) in [5.41, 5.74) is 0. The van der Waals surface area contributed by atoms with Crippen LogP contribution in [0.1, 0.15) is 0 Å². The van der Waals surface area contributed by atoms with E-state index in [1.165, 1.54) is 0 Å². The van der Waals surface area contributed by atoms with E-state index in [-0.39, 0.29) is 18.9 Å². The van der Waals surface area contributed by atoms with Gasteiger partial charge in [-0.15, -0.1) is 0 Å². The van der Waals surface area contributed by atoms with Crippen LogP contribution in [-0.4, -0.2) is 41.7 Å². The van der Waals surface area contributed by atoms with Crippen LogP contribution in [0.25, 0.3) is 0 Å². The van der Waals surface area contributed by atoms with Crippen molar-refractivity contribution in [2.24, 2.45) is 0 Å². The third kappa shape index (κ3) is 177. The van der Waals surface area contributed by atoms with E-state index in [4.69, 9.17) is 22.2 Å². The molecule has 2 N–H and O–H groups in total. The SMILES string of the molecule is [Li+].[O-][Si]([O-])(O)O.[O]=[Sb+]. The van der Waals surface area contributed by atoms with Crippen LogP contribution in [0, 0.1) is 0 Å². The minimum atomic E-state index is -5.11. The van der Waals surface area contributed by atoms with Crippen molar-refractivity contribution < 1.29 is 41.1 Å². The molecule has 0 saturated heterocycles. The molecule has 0 bridgehead atoms. The van der Waals surface area contributed by atoms with Gasteiger partial charge >= 0.3 is 44.9 Å². The molecule has 42 valence electrons. The second-order valence-electron chi connectivity index (χ2n) is 0.548. The zero-order chi connectivity index (χ0) is 6.50. The topological polar surface area (TPSA) is 104 Å². The van der Waals surface area contributed by atoms with Crippen molar-refractivity contribution in [3.8, 4) is 0 Å². The van der Waals surface area contributed by atoms with Gasteiger partial charge in [-0.1, -0.05) is 0 Å². The van der Waals surface area contributed by atoms with Crippen LogP contribution in [0.3, 0.4) is 0 Å². The Kier molecular flexibility index (Phi) is 16.7. The Balaban J connectivity index is -0.0000000750. The van der Waals surface area contributed by atoms with Gasteiger partial charge in [0.15, 0.2) is 0 Å². The molecule has 0 amide bonds. The Morgan fingerprint density at radius 1 is 1.25 bits per heavy atom. The average Bonchev–Trinajstić information content (AvgIpc) is 1.36. The fraction of sp³-hybridized carbons (Fsp3) is 0. The summed E-state index contributed by atoms with van der Waals surface area (Å²) in [6, 6.07) is 0. The summed E-state index contributed by atoms with van der Waals surface area (Å²) in [5.74, 6) is 0. The predicted octanol–water partition coefficient (Wildman–Crippen LogP) is -7.37. The van der Waals surface area contributed by atoms with Gasteiger partial charge in [-0.2, -0.15) is 0 Å². The van der Waals surface area contributed by atoms with Crippen LogP contribution in [0.4, 0.5) is 0 Å². The number of rotatable bonds is 0. The van der Waals surface area contributed by atoms with Crippen molar-refractivity contribution in [3.63, 3.8) is 0 Å². The summed E-state index contributed by atoms with van der Waals surface area (Å²) in [7, 11) is -5.11. The molecule has 0 atom stereocenters. The van der Waals surface area contributed by atoms with E-state index in [0.29, 0.717) is 23.0 Å². The molecule has 0 heterocycles. The monoisotopic (exact) mass is 238 g/mol. The van der Waals surface area contributed by atoms with Crippen molar-refractivity contribution in [2.75, 3.05) is 0 Å². The number of hydrogen-bond donors (Lipinski definition) is 2. The molecule has 0 aromatic carbocycles. The fourth-order valence-electron chi connectivity index (χ4n) is 0. The number of hydrogen-bond acceptors (Lipinski definition) is 5. The van der Waals surface area contributed by atoms with Crippen molar-refractivity contribution in [2.45, 2.75) is 0 Å². The van der Waals surface area contributed by atoms with E-state index in [1.54, 1.807) is 0 Å². The quantitative estimate of drug-likeness (QED) is 0.408. The van der Waals surface area contributed by atoms with Crippen LogP contribution < -0.4 is 28.5 Å². The van der Waals surface area contributed by atoms with E-state index in [2.05, 4.69) is 0 Å². The molecule has 2 radical (unpaired) electrons. The Hall–Kier alpha value is 1.27. The molecular weight excluding hydrogens is 237 g/mol. The third-order valence-electron chi connectivity index (χ3n) is 0. The summed E-state index contributed by atoms with van der Waals surface area (Å²) in [4.78, 5) is 31.8. The summed E-state index contributed by atoms with van der Waals surface area (Å²) < 4.78 is 8.30. The second-order valence-corrected chi connectivity index (χ2v) is 1.65. The van der Waals surface area contributed by atoms with Gasteiger partial charge in [0.2, 0.25) is 0 Å². The molecular formula is H2LiO5SbSi. The predicted molar refractivity (Wildman–Crippen MR) is 16.6 cm³/mol. The fourth-order valence-corrected chi connectivity index (χ4v) is 0. The maximum absolute atomic E-state index is 8.80. The molecule has 0 aromatic rings. The molecule has 0 aromatic heterocycles. The van der Waals surface area contributed by atoms with Gasteiger partial charge in [0, 0.05) is 0 Å². The molecule has 8 heavy (non-hydrogen) atoms. The molecule has 0 aliphatic rings. The molecule has 0 rings (SSSR count). The Bertz CT molecular complexity index is 36.2. The van der Waals surface area contributed by atoms with Crippen LogP contribution in [0.15, 0.2) is 0 Å². The summed E-state index contributed by atoms with van der Waals surface area (Å²) in [6.45, 7) is 0. The minimum absolute atomic E-state index is 0. The van der Waals surface area contributed by atoms with Gasteiger partial charge in [-0.05, 0) is 0 Å². The van der Waals surface area contributed by atoms with Gasteiger partial charge in [-0.3, -0.25) is 0 Å². The van der Waals surface area contributed by atoms with E-state index >= 15 is 0 Å². The molecule has 0 aliphatic heterocycles. The Morgan fingerprint density at radius 3 is 1.25 bits per heavy atom. The normalized spacial score (nSPS) is 8.00. The maximum atomic E-state index is 8.80. The van der Waals surface area contributed by atoms with Gasteiger partial charge in [0.1, 0.15) is 9.05 Å². The molecule has 0 aliphatic carbocycles. The summed E-state index contributed by atoms with van der Waals surface area (Å²) >= 11 is 0.500. The van der Waals surface area contributed by atoms with E-state index in [0.717, 1.165) is 0 Å². The van der Waals surface area contributed by atoms with E-state index in [9.17, 15) is 0 Å². The molecule has 0 saturated carbocycles. The van der Waals surface area contributed by atoms with Crippen molar-refractivity contribution in [1.82, 2.24) is 0 Å². The summed E-state index contributed by atoms with van der Waals surface area (Å²) in [5, 5.41) is 0. The zero-order valence-electron chi connectivity index (χ0n) is 4.07. The first kappa shape index (κ1) is 16.1. The van der Waals surface area contributed by atoms with E-state index < -0.39 is 9.05 Å². The summed E-state index contributed by atoms with van der Waals surface area (Å²) in [6.07, 6.45) is 0. The second kappa shape index (κ2) is 8.27. The van der Waals surface area contributed by atoms with Crippen LogP contribution in [-0.2, 0) is 3.02 Å². The van der Waals surface area contributed by atoms with Gasteiger partial charge in [0.25, 0.3) is 0 Å². The van der Waals surface area contributed by atoms with E-state index in [1.807, 2.05) is 0 Å². The molecule has 5 nitrogen and oxygen atoms in total. The van der Waals surface area contributed by atoms with Crippen molar-refractivity contribution in [3.05, 3.63) is 0 Å².